The Morgan fingerprint density at radius 3 is 2.29 bits per heavy atom. The SMILES string of the molecule is COC1CCC(c2nnc(C(Cl)(Cl)Cl)o2)CC1. The first-order valence-corrected chi connectivity index (χ1v) is 6.57. The van der Waals surface area contributed by atoms with Crippen LogP contribution < -0.4 is 0 Å². The maximum atomic E-state index is 5.67. The fraction of sp³-hybridized carbons (Fsp3) is 0.800. The van der Waals surface area contributed by atoms with Crippen LogP contribution in [0.25, 0.3) is 0 Å². The van der Waals surface area contributed by atoms with Crippen LogP contribution in [0.4, 0.5) is 0 Å². The summed E-state index contributed by atoms with van der Waals surface area (Å²) in [6.45, 7) is 0. The van der Waals surface area contributed by atoms with Crippen LogP contribution in [0, 0.1) is 0 Å². The zero-order chi connectivity index (χ0) is 12.5. The summed E-state index contributed by atoms with van der Waals surface area (Å²) in [7, 11) is 1.73. The number of halogens is 3. The van der Waals surface area contributed by atoms with Gasteiger partial charge in [0, 0.05) is 13.0 Å². The number of hydrogen-bond acceptors (Lipinski definition) is 4. The molecule has 17 heavy (non-hydrogen) atoms. The van der Waals surface area contributed by atoms with Crippen LogP contribution in [0.5, 0.6) is 0 Å². The molecule has 0 aromatic carbocycles. The normalized spacial score (nSPS) is 26.1. The zero-order valence-electron chi connectivity index (χ0n) is 9.33. The summed E-state index contributed by atoms with van der Waals surface area (Å²) in [5, 5.41) is 7.70. The van der Waals surface area contributed by atoms with E-state index >= 15 is 0 Å². The van der Waals surface area contributed by atoms with Crippen molar-refractivity contribution in [3.8, 4) is 0 Å². The summed E-state index contributed by atoms with van der Waals surface area (Å²) < 4.78 is 9.06. The van der Waals surface area contributed by atoms with Crippen molar-refractivity contribution < 1.29 is 9.15 Å². The molecule has 0 atom stereocenters. The van der Waals surface area contributed by atoms with E-state index in [0.29, 0.717) is 12.0 Å². The largest absolute Gasteiger partial charge is 0.421 e. The van der Waals surface area contributed by atoms with E-state index in [0.717, 1.165) is 25.7 Å². The fourth-order valence-corrected chi connectivity index (χ4v) is 2.29. The van der Waals surface area contributed by atoms with Gasteiger partial charge in [0.1, 0.15) is 0 Å². The van der Waals surface area contributed by atoms with Crippen molar-refractivity contribution in [3.63, 3.8) is 0 Å². The highest BCUT2D eigenvalue weighted by Gasteiger charge is 2.33. The van der Waals surface area contributed by atoms with Crippen LogP contribution in [-0.4, -0.2) is 23.4 Å². The first-order chi connectivity index (χ1) is 8.00. The van der Waals surface area contributed by atoms with Crippen molar-refractivity contribution in [1.29, 1.82) is 0 Å². The molecule has 0 aliphatic heterocycles. The number of alkyl halides is 3. The van der Waals surface area contributed by atoms with Crippen molar-refractivity contribution in [3.05, 3.63) is 11.8 Å². The highest BCUT2D eigenvalue weighted by Crippen LogP contribution is 2.39. The second kappa shape index (κ2) is 5.31. The topological polar surface area (TPSA) is 48.2 Å². The van der Waals surface area contributed by atoms with Gasteiger partial charge in [-0.15, -0.1) is 10.2 Å². The van der Waals surface area contributed by atoms with Crippen molar-refractivity contribution in [2.45, 2.75) is 41.5 Å². The molecule has 0 bridgehead atoms. The minimum atomic E-state index is -1.64. The third-order valence-corrected chi connectivity index (χ3v) is 3.52. The lowest BCUT2D eigenvalue weighted by Gasteiger charge is -2.25. The lowest BCUT2D eigenvalue weighted by molar-refractivity contribution is 0.0632. The Morgan fingerprint density at radius 2 is 1.82 bits per heavy atom. The smallest absolute Gasteiger partial charge is 0.268 e. The van der Waals surface area contributed by atoms with Crippen LogP contribution in [0.2, 0.25) is 0 Å². The summed E-state index contributed by atoms with van der Waals surface area (Å²) in [6, 6.07) is 0. The van der Waals surface area contributed by atoms with Crippen LogP contribution in [-0.2, 0) is 8.53 Å². The van der Waals surface area contributed by atoms with Gasteiger partial charge in [-0.25, -0.2) is 0 Å². The van der Waals surface area contributed by atoms with Gasteiger partial charge in [0.2, 0.25) is 5.89 Å². The van der Waals surface area contributed by atoms with Crippen molar-refractivity contribution >= 4 is 34.8 Å². The predicted octanol–water partition coefficient (Wildman–Crippen LogP) is 3.57. The van der Waals surface area contributed by atoms with Gasteiger partial charge in [0.05, 0.1) is 6.10 Å². The minimum Gasteiger partial charge on any atom is -0.421 e. The summed E-state index contributed by atoms with van der Waals surface area (Å²) in [5.74, 6) is 0.835. The quantitative estimate of drug-likeness (QED) is 0.783. The molecular formula is C10H13Cl3N2O2. The van der Waals surface area contributed by atoms with Crippen LogP contribution in [0.1, 0.15) is 43.4 Å². The maximum absolute atomic E-state index is 5.67. The predicted molar refractivity (Wildman–Crippen MR) is 65.5 cm³/mol. The third kappa shape index (κ3) is 3.25. The molecule has 0 saturated heterocycles. The van der Waals surface area contributed by atoms with Gasteiger partial charge in [-0.1, -0.05) is 34.8 Å². The van der Waals surface area contributed by atoms with Gasteiger partial charge in [-0.05, 0) is 25.7 Å². The molecule has 7 heteroatoms. The molecular weight excluding hydrogens is 286 g/mol. The van der Waals surface area contributed by atoms with Crippen molar-refractivity contribution in [2.75, 3.05) is 7.11 Å². The van der Waals surface area contributed by atoms with Gasteiger partial charge in [0.15, 0.2) is 0 Å². The zero-order valence-corrected chi connectivity index (χ0v) is 11.6. The molecule has 4 nitrogen and oxygen atoms in total. The molecule has 0 amide bonds. The highest BCUT2D eigenvalue weighted by molar-refractivity contribution is 6.66. The molecule has 96 valence electrons. The number of nitrogens with zero attached hydrogens (tertiary/aromatic N) is 2. The minimum absolute atomic E-state index is 0.0337. The van der Waals surface area contributed by atoms with Gasteiger partial charge < -0.3 is 9.15 Å². The number of rotatable bonds is 2. The Morgan fingerprint density at radius 1 is 1.18 bits per heavy atom. The molecule has 1 heterocycles. The van der Waals surface area contributed by atoms with E-state index in [1.165, 1.54) is 0 Å². The van der Waals surface area contributed by atoms with Crippen molar-refractivity contribution in [1.82, 2.24) is 10.2 Å². The molecule has 0 unspecified atom stereocenters. The lowest BCUT2D eigenvalue weighted by atomic mass is 9.87. The van der Waals surface area contributed by atoms with E-state index in [9.17, 15) is 0 Å². The monoisotopic (exact) mass is 298 g/mol. The van der Waals surface area contributed by atoms with Crippen LogP contribution >= 0.6 is 34.8 Å². The first-order valence-electron chi connectivity index (χ1n) is 5.44. The van der Waals surface area contributed by atoms with E-state index in [-0.39, 0.29) is 11.8 Å². The molecule has 0 radical (unpaired) electrons. The van der Waals surface area contributed by atoms with E-state index in [2.05, 4.69) is 10.2 Å². The molecule has 1 fully saturated rings. The summed E-state index contributed by atoms with van der Waals surface area (Å²) >= 11 is 17.0. The highest BCUT2D eigenvalue weighted by atomic mass is 35.6. The molecule has 0 spiro atoms. The Kier molecular flexibility index (Phi) is 4.18. The number of ether oxygens (including phenoxy) is 1. The summed E-state index contributed by atoms with van der Waals surface area (Å²) in [5.41, 5.74) is 0. The number of hydrogen-bond donors (Lipinski definition) is 0. The third-order valence-electron chi connectivity index (χ3n) is 3.04. The van der Waals surface area contributed by atoms with Gasteiger partial charge >= 0.3 is 0 Å². The van der Waals surface area contributed by atoms with E-state index in [1.54, 1.807) is 7.11 Å². The Labute approximate surface area is 115 Å². The van der Waals surface area contributed by atoms with Crippen LogP contribution in [0.3, 0.4) is 0 Å². The molecule has 1 aliphatic rings. The Hall–Kier alpha value is -0.0300. The number of methoxy groups -OCH3 is 1. The average Bonchev–Trinajstić information content (AvgIpc) is 2.78. The lowest BCUT2D eigenvalue weighted by Crippen LogP contribution is -2.19. The maximum Gasteiger partial charge on any atom is 0.268 e. The van der Waals surface area contributed by atoms with Gasteiger partial charge in [-0.2, -0.15) is 0 Å². The molecule has 1 aromatic heterocycles. The van der Waals surface area contributed by atoms with Gasteiger partial charge in [-0.3, -0.25) is 0 Å². The van der Waals surface area contributed by atoms with Crippen LogP contribution in [0.15, 0.2) is 4.42 Å². The average molecular weight is 300 g/mol. The first kappa shape index (κ1) is 13.4. The van der Waals surface area contributed by atoms with Gasteiger partial charge in [0.25, 0.3) is 9.68 Å². The fourth-order valence-electron chi connectivity index (χ4n) is 2.06. The Bertz CT molecular complexity index is 370. The number of aromatic nitrogens is 2. The molecule has 0 N–H and O–H groups in total. The Balaban J connectivity index is 2.02. The molecule has 2 rings (SSSR count). The molecule has 1 aliphatic carbocycles. The van der Waals surface area contributed by atoms with E-state index < -0.39 is 3.79 Å². The molecule has 1 saturated carbocycles. The second-order valence-corrected chi connectivity index (χ2v) is 6.43. The van der Waals surface area contributed by atoms with E-state index in [1.807, 2.05) is 0 Å². The second-order valence-electron chi connectivity index (χ2n) is 4.15. The molecule has 1 aromatic rings. The van der Waals surface area contributed by atoms with E-state index in [4.69, 9.17) is 44.0 Å². The standard InChI is InChI=1S/C10H13Cl3N2O2/c1-16-7-4-2-6(3-5-7)8-14-15-9(17-8)10(11,12)13/h6-7H,2-5H2,1H3. The van der Waals surface area contributed by atoms with Crippen molar-refractivity contribution in [2.24, 2.45) is 0 Å². The summed E-state index contributed by atoms with van der Waals surface area (Å²) in [6.07, 6.45) is 4.24. The summed E-state index contributed by atoms with van der Waals surface area (Å²) in [4.78, 5) is 0.